The van der Waals surface area contributed by atoms with Gasteiger partial charge in [-0.3, -0.25) is 9.59 Å². The van der Waals surface area contributed by atoms with Crippen LogP contribution >= 0.6 is 23.2 Å². The van der Waals surface area contributed by atoms with Crippen LogP contribution in [-0.4, -0.2) is 74.5 Å². The lowest BCUT2D eigenvalue weighted by molar-refractivity contribution is -0.134. The van der Waals surface area contributed by atoms with Crippen LogP contribution < -0.4 is 11.1 Å². The molecule has 8 nitrogen and oxygen atoms in total. The van der Waals surface area contributed by atoms with Crippen molar-refractivity contribution in [2.24, 2.45) is 5.73 Å². The minimum atomic E-state index is -3.29. The fourth-order valence-corrected chi connectivity index (χ4v) is 4.04. The summed E-state index contributed by atoms with van der Waals surface area (Å²) in [6.07, 6.45) is 2.09. The number of hydrogen-bond acceptors (Lipinski definition) is 5. The van der Waals surface area contributed by atoms with Gasteiger partial charge >= 0.3 is 0 Å². The number of hydrogen-bond donors (Lipinski definition) is 2. The molecule has 1 aliphatic heterocycles. The molecule has 156 valence electrons. The second-order valence-electron chi connectivity index (χ2n) is 6.57. The Hall–Kier alpha value is -1.39. The summed E-state index contributed by atoms with van der Waals surface area (Å²) < 4.78 is 24.6. The molecule has 1 heterocycles. The molecule has 1 saturated heterocycles. The van der Waals surface area contributed by atoms with Gasteiger partial charge in [-0.1, -0.05) is 23.2 Å². The normalized spacial score (nSPS) is 16.6. The molecule has 0 radical (unpaired) electrons. The van der Waals surface area contributed by atoms with Gasteiger partial charge in [0.05, 0.1) is 16.3 Å². The average Bonchev–Trinajstić information content (AvgIpc) is 2.66. The first-order valence-electron chi connectivity index (χ1n) is 8.83. The SMILES string of the molecule is CS(=O)(=O)N1CCN(C(=O)[C@H](CCCN)NC(=O)c2ccc(Cl)c(Cl)c2)CC1. The lowest BCUT2D eigenvalue weighted by Gasteiger charge is -2.35. The fraction of sp³-hybridized carbons (Fsp3) is 0.529. The molecule has 11 heteroatoms. The highest BCUT2D eigenvalue weighted by Gasteiger charge is 2.30. The monoisotopic (exact) mass is 450 g/mol. The summed E-state index contributed by atoms with van der Waals surface area (Å²) in [6.45, 7) is 1.39. The van der Waals surface area contributed by atoms with E-state index in [0.717, 1.165) is 6.26 Å². The fourth-order valence-electron chi connectivity index (χ4n) is 2.92. The van der Waals surface area contributed by atoms with Crippen LogP contribution in [0, 0.1) is 0 Å². The predicted octanol–water partition coefficient (Wildman–Crippen LogP) is 0.935. The molecule has 1 aliphatic rings. The Morgan fingerprint density at radius 3 is 2.36 bits per heavy atom. The van der Waals surface area contributed by atoms with Gasteiger partial charge in [-0.25, -0.2) is 8.42 Å². The molecule has 0 unspecified atom stereocenters. The van der Waals surface area contributed by atoms with Crippen molar-refractivity contribution >= 4 is 45.0 Å². The Labute approximate surface area is 175 Å². The standard InChI is InChI=1S/C17H24Cl2N4O4S/c1-28(26,27)23-9-7-22(8-10-23)17(25)15(3-2-6-20)21-16(24)12-4-5-13(18)14(19)11-12/h4-5,11,15H,2-3,6-10,20H2,1H3,(H,21,24)/t15-/m0/s1. The number of rotatable bonds is 7. The second kappa shape index (κ2) is 9.89. The van der Waals surface area contributed by atoms with Crippen molar-refractivity contribution in [3.05, 3.63) is 33.8 Å². The van der Waals surface area contributed by atoms with Crippen LogP contribution in [-0.2, 0) is 14.8 Å². The van der Waals surface area contributed by atoms with Crippen LogP contribution in [0.15, 0.2) is 18.2 Å². The predicted molar refractivity (Wildman–Crippen MR) is 109 cm³/mol. The third kappa shape index (κ3) is 6.05. The van der Waals surface area contributed by atoms with Gasteiger partial charge in [0, 0.05) is 31.7 Å². The summed E-state index contributed by atoms with van der Waals surface area (Å²) >= 11 is 11.8. The number of sulfonamides is 1. The number of amides is 2. The summed E-state index contributed by atoms with van der Waals surface area (Å²) in [7, 11) is -3.29. The summed E-state index contributed by atoms with van der Waals surface area (Å²) in [5.41, 5.74) is 5.85. The Kier molecular flexibility index (Phi) is 8.08. The van der Waals surface area contributed by atoms with Crippen LogP contribution in [0.5, 0.6) is 0 Å². The Morgan fingerprint density at radius 2 is 1.82 bits per heavy atom. The number of halogens is 2. The largest absolute Gasteiger partial charge is 0.340 e. The molecule has 1 aromatic carbocycles. The topological polar surface area (TPSA) is 113 Å². The molecule has 1 aromatic rings. The number of nitrogens with two attached hydrogens (primary N) is 1. The highest BCUT2D eigenvalue weighted by molar-refractivity contribution is 7.88. The summed E-state index contributed by atoms with van der Waals surface area (Å²) in [6, 6.07) is 3.73. The van der Waals surface area contributed by atoms with Crippen LogP contribution in [0.2, 0.25) is 10.0 Å². The zero-order valence-electron chi connectivity index (χ0n) is 15.5. The maximum atomic E-state index is 12.9. The molecular weight excluding hydrogens is 427 g/mol. The molecule has 3 N–H and O–H groups in total. The Bertz CT molecular complexity index is 826. The second-order valence-corrected chi connectivity index (χ2v) is 9.37. The third-order valence-corrected chi connectivity index (χ3v) is 6.54. The van der Waals surface area contributed by atoms with Gasteiger partial charge < -0.3 is 16.0 Å². The van der Waals surface area contributed by atoms with Gasteiger partial charge in [0.25, 0.3) is 5.91 Å². The van der Waals surface area contributed by atoms with Gasteiger partial charge in [0.1, 0.15) is 6.04 Å². The van der Waals surface area contributed by atoms with E-state index in [9.17, 15) is 18.0 Å². The molecule has 2 amide bonds. The van der Waals surface area contributed by atoms with Crippen LogP contribution in [0.25, 0.3) is 0 Å². The van der Waals surface area contributed by atoms with E-state index < -0.39 is 22.0 Å². The molecule has 0 aliphatic carbocycles. The van der Waals surface area contributed by atoms with Crippen molar-refractivity contribution in [2.75, 3.05) is 39.0 Å². The van der Waals surface area contributed by atoms with Crippen molar-refractivity contribution in [3.8, 4) is 0 Å². The first-order chi connectivity index (χ1) is 13.1. The van der Waals surface area contributed by atoms with E-state index in [4.69, 9.17) is 28.9 Å². The van der Waals surface area contributed by atoms with E-state index in [2.05, 4.69) is 5.32 Å². The number of carbonyl (C=O) groups excluding carboxylic acids is 2. The van der Waals surface area contributed by atoms with Crippen molar-refractivity contribution in [1.29, 1.82) is 0 Å². The summed E-state index contributed by atoms with van der Waals surface area (Å²) in [5.74, 6) is -0.696. The maximum Gasteiger partial charge on any atom is 0.251 e. The highest BCUT2D eigenvalue weighted by atomic mass is 35.5. The number of benzene rings is 1. The third-order valence-electron chi connectivity index (χ3n) is 4.50. The van der Waals surface area contributed by atoms with Crippen molar-refractivity contribution in [3.63, 3.8) is 0 Å². The van der Waals surface area contributed by atoms with E-state index in [1.807, 2.05) is 0 Å². The van der Waals surface area contributed by atoms with Gasteiger partial charge in [-0.2, -0.15) is 4.31 Å². The Morgan fingerprint density at radius 1 is 1.18 bits per heavy atom. The van der Waals surface area contributed by atoms with E-state index in [1.165, 1.54) is 22.5 Å². The van der Waals surface area contributed by atoms with Crippen LogP contribution in [0.3, 0.4) is 0 Å². The van der Waals surface area contributed by atoms with Crippen molar-refractivity contribution in [2.45, 2.75) is 18.9 Å². The molecule has 1 fully saturated rings. The molecule has 2 rings (SSSR count). The maximum absolute atomic E-state index is 12.9. The van der Waals surface area contributed by atoms with Crippen LogP contribution in [0.1, 0.15) is 23.2 Å². The minimum Gasteiger partial charge on any atom is -0.340 e. The molecule has 28 heavy (non-hydrogen) atoms. The lowest BCUT2D eigenvalue weighted by Crippen LogP contribution is -2.55. The molecule has 1 atom stereocenters. The van der Waals surface area contributed by atoms with E-state index in [1.54, 1.807) is 4.90 Å². The molecule has 0 bridgehead atoms. The van der Waals surface area contributed by atoms with Crippen molar-refractivity contribution < 1.29 is 18.0 Å². The van der Waals surface area contributed by atoms with Crippen LogP contribution in [0.4, 0.5) is 0 Å². The number of piperazine rings is 1. The smallest absolute Gasteiger partial charge is 0.251 e. The van der Waals surface area contributed by atoms with Gasteiger partial charge in [0.15, 0.2) is 0 Å². The van der Waals surface area contributed by atoms with Gasteiger partial charge in [0.2, 0.25) is 15.9 Å². The summed E-state index contributed by atoms with van der Waals surface area (Å²) in [5, 5.41) is 3.31. The van der Waals surface area contributed by atoms with E-state index in [0.29, 0.717) is 30.0 Å². The van der Waals surface area contributed by atoms with E-state index in [-0.39, 0.29) is 37.1 Å². The zero-order valence-corrected chi connectivity index (χ0v) is 17.9. The number of nitrogens with one attached hydrogen (secondary N) is 1. The number of carbonyl (C=O) groups is 2. The number of nitrogens with zero attached hydrogens (tertiary/aromatic N) is 2. The minimum absolute atomic E-state index is 0.231. The zero-order chi connectivity index (χ0) is 20.9. The highest BCUT2D eigenvalue weighted by Crippen LogP contribution is 2.22. The molecule has 0 spiro atoms. The molecule has 0 aromatic heterocycles. The first-order valence-corrected chi connectivity index (χ1v) is 11.4. The average molecular weight is 451 g/mol. The van der Waals surface area contributed by atoms with Gasteiger partial charge in [-0.15, -0.1) is 0 Å². The molecule has 0 saturated carbocycles. The Balaban J connectivity index is 2.06. The quantitative estimate of drug-likeness (QED) is 0.641. The first kappa shape index (κ1) is 22.9. The summed E-state index contributed by atoms with van der Waals surface area (Å²) in [4.78, 5) is 27.0. The van der Waals surface area contributed by atoms with E-state index >= 15 is 0 Å². The lowest BCUT2D eigenvalue weighted by atomic mass is 10.1. The molecular formula is C17H24Cl2N4O4S. The van der Waals surface area contributed by atoms with Gasteiger partial charge in [-0.05, 0) is 37.6 Å². The van der Waals surface area contributed by atoms with Crippen molar-refractivity contribution in [1.82, 2.24) is 14.5 Å².